The second-order valence-electron chi connectivity index (χ2n) is 22.0. The summed E-state index contributed by atoms with van der Waals surface area (Å²) < 4.78 is 16.9. The molecule has 0 aliphatic rings. The van der Waals surface area contributed by atoms with Gasteiger partial charge < -0.3 is 14.2 Å². The zero-order valence-electron chi connectivity index (χ0n) is 49.6. The lowest BCUT2D eigenvalue weighted by Crippen LogP contribution is -2.30. The van der Waals surface area contributed by atoms with Gasteiger partial charge in [-0.3, -0.25) is 14.4 Å². The molecule has 0 rings (SSSR count). The Bertz CT molecular complexity index is 1280. The molecule has 0 fully saturated rings. The minimum absolute atomic E-state index is 0.0776. The van der Waals surface area contributed by atoms with Crippen molar-refractivity contribution in [1.82, 2.24) is 0 Å². The van der Waals surface area contributed by atoms with E-state index in [1.54, 1.807) is 0 Å². The van der Waals surface area contributed by atoms with Gasteiger partial charge in [0.05, 0.1) is 0 Å². The number of esters is 3. The molecule has 6 heteroatoms. The summed E-state index contributed by atoms with van der Waals surface area (Å²) in [5.74, 6) is -0.880. The maximum absolute atomic E-state index is 12.9. The lowest BCUT2D eigenvalue weighted by atomic mass is 10.0. The van der Waals surface area contributed by atoms with Gasteiger partial charge in [-0.05, 0) is 77.0 Å². The molecule has 0 aliphatic carbocycles. The van der Waals surface area contributed by atoms with Gasteiger partial charge in [0.25, 0.3) is 0 Å². The van der Waals surface area contributed by atoms with E-state index >= 15 is 0 Å². The molecule has 0 N–H and O–H groups in total. The molecule has 0 bridgehead atoms. The quantitative estimate of drug-likeness (QED) is 0.0261. The molecule has 0 aliphatic heterocycles. The molecule has 6 nitrogen and oxygen atoms in total. The van der Waals surface area contributed by atoms with Gasteiger partial charge in [-0.15, -0.1) is 0 Å². The molecule has 0 amide bonds. The largest absolute Gasteiger partial charge is 0.462 e. The van der Waals surface area contributed by atoms with Crippen LogP contribution in [0.25, 0.3) is 0 Å². The molecule has 0 saturated carbocycles. The first kappa shape index (κ1) is 71.4. The number of hydrogen-bond acceptors (Lipinski definition) is 6. The average molecular weight is 1040 g/mol. The third kappa shape index (κ3) is 60.2. The Labute approximate surface area is 460 Å². The maximum Gasteiger partial charge on any atom is 0.306 e. The summed E-state index contributed by atoms with van der Waals surface area (Å²) in [5.41, 5.74) is 0. The van der Waals surface area contributed by atoms with Gasteiger partial charge in [-0.25, -0.2) is 0 Å². The third-order valence-corrected chi connectivity index (χ3v) is 14.5. The fourth-order valence-corrected chi connectivity index (χ4v) is 9.63. The van der Waals surface area contributed by atoms with Crippen molar-refractivity contribution in [1.29, 1.82) is 0 Å². The molecule has 74 heavy (non-hydrogen) atoms. The van der Waals surface area contributed by atoms with Gasteiger partial charge in [0.15, 0.2) is 6.10 Å². The predicted octanol–water partition coefficient (Wildman–Crippen LogP) is 22.2. The van der Waals surface area contributed by atoms with Crippen molar-refractivity contribution < 1.29 is 28.6 Å². The number of carbonyl (C=O) groups excluding carboxylic acids is 3. The fraction of sp³-hybridized carbons (Fsp3) is 0.838. The van der Waals surface area contributed by atoms with Crippen LogP contribution in [0.4, 0.5) is 0 Å². The Morgan fingerprint density at radius 1 is 0.270 bits per heavy atom. The molecule has 0 aromatic heterocycles. The van der Waals surface area contributed by atoms with Crippen LogP contribution in [0.5, 0.6) is 0 Å². The highest BCUT2D eigenvalue weighted by Gasteiger charge is 2.19. The van der Waals surface area contributed by atoms with Crippen LogP contribution in [0.15, 0.2) is 48.6 Å². The van der Waals surface area contributed by atoms with Crippen LogP contribution < -0.4 is 0 Å². The van der Waals surface area contributed by atoms with Crippen LogP contribution in [-0.4, -0.2) is 37.2 Å². The Hall–Kier alpha value is -2.63. The first-order valence-electron chi connectivity index (χ1n) is 32.6. The summed E-state index contributed by atoms with van der Waals surface area (Å²) in [6.07, 6.45) is 78.4. The topological polar surface area (TPSA) is 78.9 Å². The molecule has 0 spiro atoms. The van der Waals surface area contributed by atoms with Gasteiger partial charge in [-0.1, -0.05) is 301 Å². The predicted molar refractivity (Wildman–Crippen MR) is 321 cm³/mol. The first-order valence-corrected chi connectivity index (χ1v) is 32.6. The Balaban J connectivity index is 4.25. The molecular formula is C68H124O6. The summed E-state index contributed by atoms with van der Waals surface area (Å²) in [5, 5.41) is 0. The number of carbonyl (C=O) groups is 3. The van der Waals surface area contributed by atoms with Gasteiger partial charge in [0.1, 0.15) is 13.2 Å². The van der Waals surface area contributed by atoms with E-state index in [0.717, 1.165) is 96.3 Å². The second-order valence-corrected chi connectivity index (χ2v) is 22.0. The van der Waals surface area contributed by atoms with Gasteiger partial charge in [0.2, 0.25) is 0 Å². The van der Waals surface area contributed by atoms with E-state index in [1.165, 1.54) is 212 Å². The smallest absolute Gasteiger partial charge is 0.306 e. The van der Waals surface area contributed by atoms with E-state index in [0.29, 0.717) is 19.3 Å². The minimum atomic E-state index is -0.782. The monoisotopic (exact) mass is 1040 g/mol. The van der Waals surface area contributed by atoms with Crippen LogP contribution in [0.1, 0.15) is 348 Å². The number of rotatable bonds is 60. The first-order chi connectivity index (χ1) is 36.5. The number of hydrogen-bond donors (Lipinski definition) is 0. The zero-order chi connectivity index (χ0) is 53.6. The highest BCUT2D eigenvalue weighted by molar-refractivity contribution is 5.71. The molecule has 0 radical (unpaired) electrons. The van der Waals surface area contributed by atoms with Crippen molar-refractivity contribution in [2.45, 2.75) is 354 Å². The molecule has 1 atom stereocenters. The van der Waals surface area contributed by atoms with Gasteiger partial charge in [-0.2, -0.15) is 0 Å². The maximum atomic E-state index is 12.9. The van der Waals surface area contributed by atoms with Gasteiger partial charge >= 0.3 is 17.9 Å². The lowest BCUT2D eigenvalue weighted by Gasteiger charge is -2.18. The lowest BCUT2D eigenvalue weighted by molar-refractivity contribution is -0.167. The van der Waals surface area contributed by atoms with Crippen molar-refractivity contribution in [3.8, 4) is 0 Å². The molecule has 0 saturated heterocycles. The van der Waals surface area contributed by atoms with Crippen molar-refractivity contribution in [2.75, 3.05) is 13.2 Å². The highest BCUT2D eigenvalue weighted by Crippen LogP contribution is 2.18. The summed E-state index contributed by atoms with van der Waals surface area (Å²) >= 11 is 0. The summed E-state index contributed by atoms with van der Waals surface area (Å²) in [7, 11) is 0. The van der Waals surface area contributed by atoms with Crippen LogP contribution in [0, 0.1) is 0 Å². The molecule has 432 valence electrons. The Morgan fingerprint density at radius 2 is 0.514 bits per heavy atom. The number of allylic oxidation sites excluding steroid dienone is 8. The van der Waals surface area contributed by atoms with E-state index in [4.69, 9.17) is 14.2 Å². The minimum Gasteiger partial charge on any atom is -0.462 e. The van der Waals surface area contributed by atoms with E-state index in [9.17, 15) is 14.4 Å². The van der Waals surface area contributed by atoms with E-state index in [1.807, 2.05) is 0 Å². The molecule has 0 aromatic carbocycles. The normalized spacial score (nSPS) is 12.3. The molecule has 0 aromatic rings. The Kier molecular flexibility index (Phi) is 60.7. The van der Waals surface area contributed by atoms with Crippen LogP contribution >= 0.6 is 0 Å². The summed E-state index contributed by atoms with van der Waals surface area (Å²) in [6, 6.07) is 0. The van der Waals surface area contributed by atoms with Crippen LogP contribution in [-0.2, 0) is 28.6 Å². The van der Waals surface area contributed by atoms with Gasteiger partial charge in [0, 0.05) is 19.3 Å². The summed E-state index contributed by atoms with van der Waals surface area (Å²) in [6.45, 7) is 6.59. The molecule has 0 heterocycles. The fourth-order valence-electron chi connectivity index (χ4n) is 9.63. The van der Waals surface area contributed by atoms with Crippen LogP contribution in [0.3, 0.4) is 0 Å². The van der Waals surface area contributed by atoms with Crippen molar-refractivity contribution >= 4 is 17.9 Å². The van der Waals surface area contributed by atoms with Crippen molar-refractivity contribution in [3.05, 3.63) is 48.6 Å². The van der Waals surface area contributed by atoms with Crippen molar-refractivity contribution in [2.24, 2.45) is 0 Å². The van der Waals surface area contributed by atoms with Crippen molar-refractivity contribution in [3.63, 3.8) is 0 Å². The standard InChI is InChI=1S/C68H124O6/c1-4-7-10-13-16-19-22-25-27-29-31-32-33-34-35-36-37-39-40-43-46-49-52-55-58-61-67(70)73-64-65(63-72-66(69)60-57-54-51-48-45-42-24-21-18-15-12-9-6-3)74-68(71)62-59-56-53-50-47-44-41-38-30-28-26-23-20-17-14-11-8-5-2/h12,15,20-21,23-24,28,30,65H,4-11,13-14,16-19,22,25-27,29,31-64H2,1-3H3/b15-12-,23-20-,24-21-,30-28-. The van der Waals surface area contributed by atoms with E-state index < -0.39 is 6.10 Å². The second kappa shape index (κ2) is 62.9. The Morgan fingerprint density at radius 3 is 0.811 bits per heavy atom. The van der Waals surface area contributed by atoms with E-state index in [-0.39, 0.29) is 31.1 Å². The third-order valence-electron chi connectivity index (χ3n) is 14.5. The summed E-state index contributed by atoms with van der Waals surface area (Å²) in [4.78, 5) is 38.3. The SMILES string of the molecule is CCC/C=C\C/C=C\CCCCCCCC(=O)OCC(COC(=O)CCCCCCCCCCCCCCCCCCCCCCCCCCC)OC(=O)CCCCCCCCC/C=C\C/C=C\CCCCCC. The van der Waals surface area contributed by atoms with E-state index in [2.05, 4.69) is 69.4 Å². The highest BCUT2D eigenvalue weighted by atomic mass is 16.6. The molecular weight excluding hydrogens is 913 g/mol. The number of ether oxygens (including phenoxy) is 3. The van der Waals surface area contributed by atoms with Crippen LogP contribution in [0.2, 0.25) is 0 Å². The average Bonchev–Trinajstić information content (AvgIpc) is 3.40. The zero-order valence-corrected chi connectivity index (χ0v) is 49.6. The number of unbranched alkanes of at least 4 members (excludes halogenated alkanes) is 41. The molecule has 1 unspecified atom stereocenters.